The van der Waals surface area contributed by atoms with Gasteiger partial charge in [0.2, 0.25) is 0 Å². The number of alkyl halides is 1. The highest BCUT2D eigenvalue weighted by molar-refractivity contribution is 7.89. The van der Waals surface area contributed by atoms with Gasteiger partial charge >= 0.3 is 0 Å². The number of halogens is 1. The molecule has 1 aromatic heterocycles. The summed E-state index contributed by atoms with van der Waals surface area (Å²) in [6.07, 6.45) is 4.43. The van der Waals surface area contributed by atoms with Gasteiger partial charge in [-0.15, -0.1) is 11.6 Å². The Hall–Kier alpha value is -0.590. The van der Waals surface area contributed by atoms with E-state index in [1.807, 2.05) is 0 Å². The van der Waals surface area contributed by atoms with Gasteiger partial charge < -0.3 is 0 Å². The summed E-state index contributed by atoms with van der Waals surface area (Å²) in [5, 5.41) is 4.05. The van der Waals surface area contributed by atoms with Gasteiger partial charge in [-0.3, -0.25) is 4.68 Å². The molecule has 2 rings (SSSR count). The van der Waals surface area contributed by atoms with Gasteiger partial charge in [0.25, 0.3) is 10.0 Å². The van der Waals surface area contributed by atoms with E-state index < -0.39 is 10.0 Å². The van der Waals surface area contributed by atoms with E-state index >= 15 is 0 Å². The van der Waals surface area contributed by atoms with Crippen molar-refractivity contribution < 1.29 is 8.42 Å². The van der Waals surface area contributed by atoms with E-state index in [0.717, 1.165) is 19.3 Å². The number of aromatic nitrogens is 2. The van der Waals surface area contributed by atoms with E-state index in [1.54, 1.807) is 7.05 Å². The molecule has 17 heavy (non-hydrogen) atoms. The molecule has 1 aromatic rings. The summed E-state index contributed by atoms with van der Waals surface area (Å²) in [7, 11) is -1.84. The van der Waals surface area contributed by atoms with Gasteiger partial charge in [0.05, 0.1) is 6.20 Å². The lowest BCUT2D eigenvalue weighted by Gasteiger charge is -2.14. The van der Waals surface area contributed by atoms with Crippen molar-refractivity contribution in [1.82, 2.24) is 14.5 Å². The molecule has 96 valence electrons. The minimum Gasteiger partial charge on any atom is -0.256 e. The van der Waals surface area contributed by atoms with Crippen molar-refractivity contribution in [3.8, 4) is 0 Å². The third-order valence-electron chi connectivity index (χ3n) is 3.27. The summed E-state index contributed by atoms with van der Waals surface area (Å²) in [4.78, 5) is 0. The molecule has 0 amide bonds. The summed E-state index contributed by atoms with van der Waals surface area (Å²) in [5.74, 6) is 0.577. The fraction of sp³-hybridized carbons (Fsp3) is 0.700. The number of rotatable bonds is 6. The van der Waals surface area contributed by atoms with Gasteiger partial charge in [-0.05, 0) is 30.7 Å². The molecule has 0 aliphatic heterocycles. The van der Waals surface area contributed by atoms with Crippen LogP contribution in [-0.4, -0.2) is 30.6 Å². The lowest BCUT2D eigenvalue weighted by atomic mass is 10.1. The Labute approximate surface area is 106 Å². The first-order chi connectivity index (χ1) is 7.99. The fourth-order valence-corrected chi connectivity index (χ4v) is 3.52. The van der Waals surface area contributed by atoms with Gasteiger partial charge in [0, 0.05) is 19.5 Å². The van der Waals surface area contributed by atoms with E-state index in [9.17, 15) is 8.42 Å². The second kappa shape index (κ2) is 4.59. The van der Waals surface area contributed by atoms with Crippen LogP contribution in [0.1, 0.15) is 19.3 Å². The maximum absolute atomic E-state index is 12.0. The molecule has 0 saturated heterocycles. The number of sulfonamides is 1. The van der Waals surface area contributed by atoms with Gasteiger partial charge in [0.1, 0.15) is 0 Å². The van der Waals surface area contributed by atoms with Gasteiger partial charge in [-0.25, -0.2) is 13.1 Å². The molecular weight excluding hydrogens is 262 g/mol. The van der Waals surface area contributed by atoms with E-state index in [4.69, 9.17) is 11.6 Å². The Morgan fingerprint density at radius 3 is 2.76 bits per heavy atom. The van der Waals surface area contributed by atoms with Crippen molar-refractivity contribution in [2.75, 3.05) is 12.4 Å². The Balaban J connectivity index is 2.02. The first kappa shape index (κ1) is 12.9. The number of nitrogens with one attached hydrogen (secondary N) is 1. The first-order valence-corrected chi connectivity index (χ1v) is 7.55. The molecule has 0 aromatic carbocycles. The van der Waals surface area contributed by atoms with Crippen molar-refractivity contribution in [3.05, 3.63) is 12.3 Å². The standard InChI is InChI=1S/C10H16ClN3O2S/c1-14-9(2-7-12-14)17(15,16)13-8-10(3-4-10)5-6-11/h2,7,13H,3-6,8H2,1H3. The quantitative estimate of drug-likeness (QED) is 0.792. The highest BCUT2D eigenvalue weighted by Crippen LogP contribution is 2.48. The highest BCUT2D eigenvalue weighted by atomic mass is 35.5. The van der Waals surface area contributed by atoms with Crippen LogP contribution in [0.25, 0.3) is 0 Å². The van der Waals surface area contributed by atoms with E-state index in [0.29, 0.717) is 12.4 Å². The molecule has 0 spiro atoms. The molecule has 1 N–H and O–H groups in total. The SMILES string of the molecule is Cn1nccc1S(=O)(=O)NCC1(CCCl)CC1. The Morgan fingerprint density at radius 1 is 1.59 bits per heavy atom. The van der Waals surface area contributed by atoms with E-state index in [2.05, 4.69) is 9.82 Å². The maximum Gasteiger partial charge on any atom is 0.257 e. The minimum absolute atomic E-state index is 0.0907. The van der Waals surface area contributed by atoms with Crippen LogP contribution in [0.4, 0.5) is 0 Å². The van der Waals surface area contributed by atoms with Crippen molar-refractivity contribution in [2.24, 2.45) is 12.5 Å². The van der Waals surface area contributed by atoms with Crippen LogP contribution in [-0.2, 0) is 17.1 Å². The molecule has 5 nitrogen and oxygen atoms in total. The molecule has 1 fully saturated rings. The second-order valence-electron chi connectivity index (χ2n) is 4.56. The van der Waals surface area contributed by atoms with Crippen molar-refractivity contribution in [1.29, 1.82) is 0 Å². The van der Waals surface area contributed by atoms with E-state index in [-0.39, 0.29) is 10.4 Å². The van der Waals surface area contributed by atoms with Crippen LogP contribution in [0.2, 0.25) is 0 Å². The minimum atomic E-state index is -3.45. The van der Waals surface area contributed by atoms with Gasteiger partial charge in [0.15, 0.2) is 5.03 Å². The largest absolute Gasteiger partial charge is 0.257 e. The van der Waals surface area contributed by atoms with Crippen molar-refractivity contribution >= 4 is 21.6 Å². The van der Waals surface area contributed by atoms with Crippen molar-refractivity contribution in [3.63, 3.8) is 0 Å². The maximum atomic E-state index is 12.0. The van der Waals surface area contributed by atoms with Crippen LogP contribution < -0.4 is 4.72 Å². The molecule has 1 aliphatic carbocycles. The fourth-order valence-electron chi connectivity index (χ4n) is 1.84. The van der Waals surface area contributed by atoms with Crippen molar-refractivity contribution in [2.45, 2.75) is 24.3 Å². The highest BCUT2D eigenvalue weighted by Gasteiger charge is 2.42. The zero-order valence-corrected chi connectivity index (χ0v) is 11.3. The Kier molecular flexibility index (Phi) is 3.47. The third-order valence-corrected chi connectivity index (χ3v) is 4.93. The second-order valence-corrected chi connectivity index (χ2v) is 6.65. The number of nitrogens with zero attached hydrogens (tertiary/aromatic N) is 2. The summed E-state index contributed by atoms with van der Waals surface area (Å²) in [6.45, 7) is 0.466. The molecular formula is C10H16ClN3O2S. The van der Waals surface area contributed by atoms with Crippen LogP contribution in [0, 0.1) is 5.41 Å². The first-order valence-electron chi connectivity index (χ1n) is 5.53. The average Bonchev–Trinajstić information content (AvgIpc) is 2.89. The number of hydrogen-bond acceptors (Lipinski definition) is 3. The topological polar surface area (TPSA) is 64.0 Å². The van der Waals surface area contributed by atoms with Crippen LogP contribution in [0.3, 0.4) is 0 Å². The molecule has 1 saturated carbocycles. The van der Waals surface area contributed by atoms with Gasteiger partial charge in [-0.1, -0.05) is 0 Å². The third kappa shape index (κ3) is 2.81. The summed E-state index contributed by atoms with van der Waals surface area (Å²) in [6, 6.07) is 1.49. The van der Waals surface area contributed by atoms with Crippen LogP contribution in [0.5, 0.6) is 0 Å². The number of aryl methyl sites for hydroxylation is 1. The zero-order valence-electron chi connectivity index (χ0n) is 9.69. The molecule has 0 unspecified atom stereocenters. The van der Waals surface area contributed by atoms with Crippen LogP contribution in [0.15, 0.2) is 17.3 Å². The molecule has 0 radical (unpaired) electrons. The lowest BCUT2D eigenvalue weighted by Crippen LogP contribution is -2.31. The van der Waals surface area contributed by atoms with E-state index in [1.165, 1.54) is 16.9 Å². The lowest BCUT2D eigenvalue weighted by molar-refractivity contribution is 0.475. The number of hydrogen-bond donors (Lipinski definition) is 1. The Morgan fingerprint density at radius 2 is 2.29 bits per heavy atom. The predicted molar refractivity (Wildman–Crippen MR) is 65.4 cm³/mol. The predicted octanol–water partition coefficient (Wildman–Crippen LogP) is 1.11. The zero-order chi connectivity index (χ0) is 12.5. The smallest absolute Gasteiger partial charge is 0.256 e. The summed E-state index contributed by atoms with van der Waals surface area (Å²) < 4.78 is 28.0. The molecule has 0 atom stereocenters. The molecule has 7 heteroatoms. The molecule has 0 bridgehead atoms. The van der Waals surface area contributed by atoms with Gasteiger partial charge in [-0.2, -0.15) is 5.10 Å². The Bertz CT molecular complexity index is 493. The summed E-state index contributed by atoms with van der Waals surface area (Å²) >= 11 is 5.71. The monoisotopic (exact) mass is 277 g/mol. The van der Waals surface area contributed by atoms with Crippen LogP contribution >= 0.6 is 11.6 Å². The average molecular weight is 278 g/mol. The molecule has 1 heterocycles. The summed E-state index contributed by atoms with van der Waals surface area (Å²) in [5.41, 5.74) is 0.0907. The normalized spacial score (nSPS) is 18.2. The molecule has 1 aliphatic rings.